The van der Waals surface area contributed by atoms with Gasteiger partial charge in [0.2, 0.25) is 0 Å². The van der Waals surface area contributed by atoms with E-state index in [2.05, 4.69) is 5.16 Å². The van der Waals surface area contributed by atoms with Crippen molar-refractivity contribution in [3.63, 3.8) is 0 Å². The van der Waals surface area contributed by atoms with E-state index in [1.54, 1.807) is 30.3 Å². The highest BCUT2D eigenvalue weighted by molar-refractivity contribution is 5.78. The molecule has 86 valence electrons. The van der Waals surface area contributed by atoms with Crippen LogP contribution in [0, 0.1) is 10.1 Å². The van der Waals surface area contributed by atoms with Crippen LogP contribution in [0.15, 0.2) is 46.0 Å². The summed E-state index contributed by atoms with van der Waals surface area (Å²) in [6.45, 7) is 0. The fraction of sp³-hybridized carbons (Fsp3) is 0. The van der Waals surface area contributed by atoms with Gasteiger partial charge in [0.15, 0.2) is 0 Å². The molecule has 0 radical (unpaired) electrons. The van der Waals surface area contributed by atoms with Gasteiger partial charge in [0.25, 0.3) is 5.69 Å². The van der Waals surface area contributed by atoms with E-state index in [0.717, 1.165) is 6.21 Å². The van der Waals surface area contributed by atoms with Gasteiger partial charge in [0, 0.05) is 6.07 Å². The third-order valence-corrected chi connectivity index (χ3v) is 2.18. The minimum atomic E-state index is -0.475. The maximum Gasteiger partial charge on any atom is 0.280 e. The number of nitro groups is 1. The van der Waals surface area contributed by atoms with Gasteiger partial charge in [-0.1, -0.05) is 17.3 Å². The first-order valence-corrected chi connectivity index (χ1v) is 4.73. The van der Waals surface area contributed by atoms with Crippen molar-refractivity contribution in [1.82, 2.24) is 0 Å². The molecule has 0 saturated heterocycles. The molecule has 2 rings (SSSR count). The van der Waals surface area contributed by atoms with Gasteiger partial charge in [-0.05, 0) is 18.2 Å². The van der Waals surface area contributed by atoms with Crippen molar-refractivity contribution < 1.29 is 14.5 Å². The molecular formula is C11H8N2O4. The summed E-state index contributed by atoms with van der Waals surface area (Å²) >= 11 is 0. The number of hydrogen-bond donors (Lipinski definition) is 1. The Morgan fingerprint density at radius 2 is 2.06 bits per heavy atom. The van der Waals surface area contributed by atoms with E-state index in [1.807, 2.05) is 0 Å². The first kappa shape index (κ1) is 10.9. The monoisotopic (exact) mass is 232 g/mol. The Hall–Kier alpha value is -2.63. The molecule has 0 amide bonds. The molecule has 0 bridgehead atoms. The molecule has 2 aromatic rings. The molecule has 1 heterocycles. The third kappa shape index (κ3) is 2.15. The predicted octanol–water partition coefficient (Wildman–Crippen LogP) is 2.66. The van der Waals surface area contributed by atoms with Crippen molar-refractivity contribution in [2.75, 3.05) is 0 Å². The standard InChI is InChI=1S/C11H8N2O4/c14-12-7-8-5-6-11(17-8)9-3-1-2-4-10(9)13(15)16/h1-7,14H. The quantitative estimate of drug-likeness (QED) is 0.381. The second-order valence-electron chi connectivity index (χ2n) is 3.22. The normalized spacial score (nSPS) is 10.8. The van der Waals surface area contributed by atoms with Crippen LogP contribution in [0.25, 0.3) is 11.3 Å². The zero-order valence-corrected chi connectivity index (χ0v) is 8.61. The number of nitrogens with zero attached hydrogens (tertiary/aromatic N) is 2. The van der Waals surface area contributed by atoms with E-state index < -0.39 is 4.92 Å². The smallest absolute Gasteiger partial charge is 0.280 e. The second kappa shape index (κ2) is 4.48. The largest absolute Gasteiger partial charge is 0.455 e. The van der Waals surface area contributed by atoms with Gasteiger partial charge >= 0.3 is 0 Å². The molecule has 0 aliphatic rings. The molecule has 1 N–H and O–H groups in total. The van der Waals surface area contributed by atoms with Crippen molar-refractivity contribution in [2.24, 2.45) is 5.16 Å². The Morgan fingerprint density at radius 3 is 2.76 bits per heavy atom. The van der Waals surface area contributed by atoms with E-state index in [-0.39, 0.29) is 5.69 Å². The maximum atomic E-state index is 10.8. The van der Waals surface area contributed by atoms with Crippen LogP contribution in [0.5, 0.6) is 0 Å². The highest BCUT2D eigenvalue weighted by Crippen LogP contribution is 2.30. The Kier molecular flexibility index (Phi) is 2.87. The number of nitro benzene ring substituents is 1. The van der Waals surface area contributed by atoms with Crippen LogP contribution in [-0.4, -0.2) is 16.3 Å². The molecular weight excluding hydrogens is 224 g/mol. The zero-order valence-electron chi connectivity index (χ0n) is 8.61. The van der Waals surface area contributed by atoms with E-state index in [1.165, 1.54) is 6.07 Å². The highest BCUT2D eigenvalue weighted by Gasteiger charge is 2.16. The van der Waals surface area contributed by atoms with Crippen LogP contribution in [-0.2, 0) is 0 Å². The number of oxime groups is 1. The van der Waals surface area contributed by atoms with Crippen molar-refractivity contribution in [2.45, 2.75) is 0 Å². The van der Waals surface area contributed by atoms with E-state index in [4.69, 9.17) is 9.62 Å². The van der Waals surface area contributed by atoms with Gasteiger partial charge in [0.1, 0.15) is 17.7 Å². The lowest BCUT2D eigenvalue weighted by atomic mass is 10.1. The van der Waals surface area contributed by atoms with Gasteiger partial charge in [-0.2, -0.15) is 0 Å². The van der Waals surface area contributed by atoms with Gasteiger partial charge < -0.3 is 9.62 Å². The summed E-state index contributed by atoms with van der Waals surface area (Å²) in [5, 5.41) is 22.0. The molecule has 6 nitrogen and oxygen atoms in total. The first-order valence-electron chi connectivity index (χ1n) is 4.73. The summed E-state index contributed by atoms with van der Waals surface area (Å²) in [4.78, 5) is 10.4. The van der Waals surface area contributed by atoms with E-state index in [9.17, 15) is 10.1 Å². The van der Waals surface area contributed by atoms with Crippen LogP contribution in [0.3, 0.4) is 0 Å². The molecule has 0 aliphatic carbocycles. The van der Waals surface area contributed by atoms with Gasteiger partial charge in [-0.15, -0.1) is 0 Å². The fourth-order valence-electron chi connectivity index (χ4n) is 1.47. The zero-order chi connectivity index (χ0) is 12.3. The third-order valence-electron chi connectivity index (χ3n) is 2.18. The lowest BCUT2D eigenvalue weighted by Gasteiger charge is -1.98. The van der Waals surface area contributed by atoms with Crippen LogP contribution >= 0.6 is 0 Å². The van der Waals surface area contributed by atoms with Crippen molar-refractivity contribution >= 4 is 11.9 Å². The molecule has 17 heavy (non-hydrogen) atoms. The summed E-state index contributed by atoms with van der Waals surface area (Å²) in [5.41, 5.74) is 0.351. The Balaban J connectivity index is 2.48. The average Bonchev–Trinajstić information content (AvgIpc) is 2.78. The van der Waals surface area contributed by atoms with Crippen molar-refractivity contribution in [1.29, 1.82) is 0 Å². The van der Waals surface area contributed by atoms with Crippen molar-refractivity contribution in [3.8, 4) is 11.3 Å². The summed E-state index contributed by atoms with van der Waals surface area (Å²) < 4.78 is 5.29. The average molecular weight is 232 g/mol. The number of furan rings is 1. The number of para-hydroxylation sites is 1. The van der Waals surface area contributed by atoms with Crippen LogP contribution in [0.4, 0.5) is 5.69 Å². The summed E-state index contributed by atoms with van der Waals surface area (Å²) in [6.07, 6.45) is 1.11. The Bertz CT molecular complexity index is 574. The Labute approximate surface area is 95.9 Å². The minimum Gasteiger partial charge on any atom is -0.455 e. The minimum absolute atomic E-state index is 0.0330. The van der Waals surface area contributed by atoms with E-state index in [0.29, 0.717) is 17.1 Å². The SMILES string of the molecule is O=[N+]([O-])c1ccccc1-c1ccc(C=NO)o1. The maximum absolute atomic E-state index is 10.8. The molecule has 1 aromatic heterocycles. The number of benzene rings is 1. The molecule has 6 heteroatoms. The lowest BCUT2D eigenvalue weighted by molar-refractivity contribution is -0.384. The Morgan fingerprint density at radius 1 is 1.29 bits per heavy atom. The fourth-order valence-corrected chi connectivity index (χ4v) is 1.47. The van der Waals surface area contributed by atoms with Crippen LogP contribution in [0.1, 0.15) is 5.76 Å². The molecule has 0 aliphatic heterocycles. The van der Waals surface area contributed by atoms with Crippen molar-refractivity contribution in [3.05, 3.63) is 52.3 Å². The molecule has 0 atom stereocenters. The van der Waals surface area contributed by atoms with Gasteiger partial charge in [0.05, 0.1) is 10.5 Å². The molecule has 0 unspecified atom stereocenters. The number of hydrogen-bond acceptors (Lipinski definition) is 5. The number of rotatable bonds is 3. The summed E-state index contributed by atoms with van der Waals surface area (Å²) in [7, 11) is 0. The summed E-state index contributed by atoms with van der Waals surface area (Å²) in [5.74, 6) is 0.674. The first-order chi connectivity index (χ1) is 8.22. The second-order valence-corrected chi connectivity index (χ2v) is 3.22. The van der Waals surface area contributed by atoms with Gasteiger partial charge in [-0.25, -0.2) is 0 Å². The summed E-state index contributed by atoms with van der Waals surface area (Å²) in [6, 6.07) is 9.41. The topological polar surface area (TPSA) is 88.9 Å². The van der Waals surface area contributed by atoms with E-state index >= 15 is 0 Å². The molecule has 0 saturated carbocycles. The van der Waals surface area contributed by atoms with Gasteiger partial charge in [-0.3, -0.25) is 10.1 Å². The molecule has 0 spiro atoms. The lowest BCUT2D eigenvalue weighted by Crippen LogP contribution is -1.90. The van der Waals surface area contributed by atoms with Crippen LogP contribution < -0.4 is 0 Å². The highest BCUT2D eigenvalue weighted by atomic mass is 16.6. The predicted molar refractivity (Wildman–Crippen MR) is 60.2 cm³/mol. The van der Waals surface area contributed by atoms with Crippen LogP contribution in [0.2, 0.25) is 0 Å². The molecule has 0 fully saturated rings. The molecule has 1 aromatic carbocycles.